The average Bonchev–Trinajstić information content (AvgIpc) is 3.10. The van der Waals surface area contributed by atoms with Crippen molar-refractivity contribution in [1.29, 1.82) is 0 Å². The van der Waals surface area contributed by atoms with Gasteiger partial charge in [-0.3, -0.25) is 4.79 Å². The Morgan fingerprint density at radius 1 is 1.12 bits per heavy atom. The number of hydrogen-bond donors (Lipinski definition) is 2. The molecule has 0 spiro atoms. The summed E-state index contributed by atoms with van der Waals surface area (Å²) in [6, 6.07) is 17.7. The van der Waals surface area contributed by atoms with Crippen molar-refractivity contribution in [1.82, 2.24) is 9.97 Å². The molecule has 3 rings (SSSR count). The van der Waals surface area contributed by atoms with Crippen molar-refractivity contribution in [2.75, 3.05) is 30.1 Å². The van der Waals surface area contributed by atoms with Gasteiger partial charge in [-0.2, -0.15) is 0 Å². The zero-order chi connectivity index (χ0) is 17.6. The lowest BCUT2D eigenvalue weighted by molar-refractivity contribution is -0.113. The van der Waals surface area contributed by atoms with E-state index in [1.165, 1.54) is 11.8 Å². The van der Waals surface area contributed by atoms with Crippen LogP contribution in [-0.2, 0) is 4.79 Å². The van der Waals surface area contributed by atoms with Crippen molar-refractivity contribution in [3.63, 3.8) is 0 Å². The van der Waals surface area contributed by atoms with Crippen LogP contribution in [0.1, 0.15) is 0 Å². The summed E-state index contributed by atoms with van der Waals surface area (Å²) in [5.74, 6) is 0.247. The smallest absolute Gasteiger partial charge is 0.234 e. The van der Waals surface area contributed by atoms with Gasteiger partial charge in [0.05, 0.1) is 17.6 Å². The van der Waals surface area contributed by atoms with Crippen LogP contribution in [0.3, 0.4) is 0 Å². The number of amides is 1. The zero-order valence-electron chi connectivity index (χ0n) is 14.2. The van der Waals surface area contributed by atoms with Gasteiger partial charge in [0.2, 0.25) is 5.91 Å². The highest BCUT2D eigenvalue weighted by molar-refractivity contribution is 7.99. The molecule has 0 saturated heterocycles. The molecule has 6 heteroatoms. The van der Waals surface area contributed by atoms with Crippen molar-refractivity contribution in [2.45, 2.75) is 5.16 Å². The Morgan fingerprint density at radius 2 is 1.84 bits per heavy atom. The highest BCUT2D eigenvalue weighted by atomic mass is 32.2. The van der Waals surface area contributed by atoms with Gasteiger partial charge in [-0.15, -0.1) is 0 Å². The fraction of sp³-hybridized carbons (Fsp3) is 0.158. The molecule has 3 aromatic rings. The molecule has 0 radical (unpaired) electrons. The summed E-state index contributed by atoms with van der Waals surface area (Å²) < 4.78 is 0. The Balaban J connectivity index is 1.53. The normalized spacial score (nSPS) is 10.5. The number of benzene rings is 2. The number of anilines is 2. The Morgan fingerprint density at radius 3 is 2.52 bits per heavy atom. The Hall–Kier alpha value is -2.73. The maximum atomic E-state index is 12.1. The number of hydrogen-bond acceptors (Lipinski definition) is 4. The van der Waals surface area contributed by atoms with Crippen LogP contribution < -0.4 is 10.2 Å². The number of nitrogens with one attached hydrogen (secondary N) is 2. The summed E-state index contributed by atoms with van der Waals surface area (Å²) >= 11 is 1.38. The molecule has 0 aliphatic rings. The van der Waals surface area contributed by atoms with E-state index in [4.69, 9.17) is 0 Å². The molecule has 2 N–H and O–H groups in total. The van der Waals surface area contributed by atoms with E-state index in [1.807, 2.05) is 73.6 Å². The van der Waals surface area contributed by atoms with E-state index < -0.39 is 0 Å². The number of H-pyrrole nitrogens is 1. The lowest BCUT2D eigenvalue weighted by Gasteiger charge is -2.12. The monoisotopic (exact) mass is 352 g/mol. The minimum atomic E-state index is -0.0553. The molecule has 0 saturated carbocycles. The summed E-state index contributed by atoms with van der Waals surface area (Å²) in [5.41, 5.74) is 3.91. The second-order valence-corrected chi connectivity index (χ2v) is 6.71. The van der Waals surface area contributed by atoms with Crippen molar-refractivity contribution in [3.05, 3.63) is 60.8 Å². The van der Waals surface area contributed by atoms with Gasteiger partial charge in [0.1, 0.15) is 0 Å². The lowest BCUT2D eigenvalue weighted by atomic mass is 10.2. The summed E-state index contributed by atoms with van der Waals surface area (Å²) in [6.07, 6.45) is 1.79. The van der Waals surface area contributed by atoms with Crippen LogP contribution in [0.4, 0.5) is 11.4 Å². The number of rotatable bonds is 6. The number of carbonyl (C=O) groups excluding carboxylic acids is 1. The molecule has 25 heavy (non-hydrogen) atoms. The predicted octanol–water partition coefficient (Wildman–Crippen LogP) is 3.87. The predicted molar refractivity (Wildman–Crippen MR) is 104 cm³/mol. The van der Waals surface area contributed by atoms with E-state index in [1.54, 1.807) is 6.20 Å². The summed E-state index contributed by atoms with van der Waals surface area (Å²) in [4.78, 5) is 21.7. The van der Waals surface area contributed by atoms with Crippen LogP contribution in [0.5, 0.6) is 0 Å². The quantitative estimate of drug-likeness (QED) is 0.661. The highest BCUT2D eigenvalue weighted by Gasteiger charge is 2.08. The topological polar surface area (TPSA) is 61.0 Å². The molecule has 0 atom stereocenters. The molecule has 2 aromatic carbocycles. The third kappa shape index (κ3) is 4.64. The van der Waals surface area contributed by atoms with Crippen LogP contribution in [0, 0.1) is 0 Å². The van der Waals surface area contributed by atoms with Gasteiger partial charge in [-0.05, 0) is 29.8 Å². The van der Waals surface area contributed by atoms with Crippen molar-refractivity contribution in [2.24, 2.45) is 0 Å². The zero-order valence-corrected chi connectivity index (χ0v) is 15.0. The van der Waals surface area contributed by atoms with E-state index in [0.29, 0.717) is 5.75 Å². The van der Waals surface area contributed by atoms with Gasteiger partial charge >= 0.3 is 0 Å². The first-order valence-electron chi connectivity index (χ1n) is 7.92. The Kier molecular flexibility index (Phi) is 5.40. The summed E-state index contributed by atoms with van der Waals surface area (Å²) in [6.45, 7) is 0. The van der Waals surface area contributed by atoms with Gasteiger partial charge in [0.15, 0.2) is 5.16 Å². The molecule has 1 aromatic heterocycles. The number of aromatic amines is 1. The molecule has 1 amide bonds. The Bertz CT molecular complexity index is 828. The van der Waals surface area contributed by atoms with Gasteiger partial charge in [0, 0.05) is 25.5 Å². The maximum Gasteiger partial charge on any atom is 0.234 e. The van der Waals surface area contributed by atoms with E-state index >= 15 is 0 Å². The van der Waals surface area contributed by atoms with Crippen LogP contribution in [0.25, 0.3) is 11.3 Å². The molecule has 128 valence electrons. The van der Waals surface area contributed by atoms with Gasteiger partial charge in [-0.25, -0.2) is 4.98 Å². The second kappa shape index (κ2) is 7.90. The fourth-order valence-corrected chi connectivity index (χ4v) is 2.96. The lowest BCUT2D eigenvalue weighted by Crippen LogP contribution is -2.14. The fourth-order valence-electron chi connectivity index (χ4n) is 2.31. The minimum absolute atomic E-state index is 0.0553. The first kappa shape index (κ1) is 17.1. The summed E-state index contributed by atoms with van der Waals surface area (Å²) in [5, 5.41) is 3.63. The molecule has 0 fully saturated rings. The number of imidazole rings is 1. The van der Waals surface area contributed by atoms with E-state index in [2.05, 4.69) is 15.3 Å². The van der Waals surface area contributed by atoms with E-state index in [9.17, 15) is 4.79 Å². The molecular formula is C19H20N4OS. The maximum absolute atomic E-state index is 12.1. The first-order chi connectivity index (χ1) is 12.1. The van der Waals surface area contributed by atoms with E-state index in [-0.39, 0.29) is 5.91 Å². The third-order valence-corrected chi connectivity index (χ3v) is 4.53. The van der Waals surface area contributed by atoms with Crippen molar-refractivity contribution in [3.8, 4) is 11.3 Å². The minimum Gasteiger partial charge on any atom is -0.378 e. The van der Waals surface area contributed by atoms with Gasteiger partial charge in [-0.1, -0.05) is 42.1 Å². The van der Waals surface area contributed by atoms with E-state index in [0.717, 1.165) is 27.8 Å². The van der Waals surface area contributed by atoms with Crippen LogP contribution in [0.15, 0.2) is 66.0 Å². The number of carbonyl (C=O) groups is 1. The molecule has 0 bridgehead atoms. The molecule has 1 heterocycles. The number of nitrogens with zero attached hydrogens (tertiary/aromatic N) is 2. The Labute approximate surface area is 151 Å². The summed E-state index contributed by atoms with van der Waals surface area (Å²) in [7, 11) is 3.97. The molecular weight excluding hydrogens is 332 g/mol. The average molecular weight is 352 g/mol. The number of thioether (sulfide) groups is 1. The number of aromatic nitrogens is 2. The van der Waals surface area contributed by atoms with Crippen molar-refractivity contribution < 1.29 is 4.79 Å². The van der Waals surface area contributed by atoms with Crippen molar-refractivity contribution >= 4 is 29.0 Å². The third-order valence-electron chi connectivity index (χ3n) is 3.64. The molecule has 0 aliphatic heterocycles. The molecule has 0 unspecified atom stereocenters. The van der Waals surface area contributed by atoms with Crippen LogP contribution >= 0.6 is 11.8 Å². The standard InChI is InChI=1S/C19H20N4OS/c1-23(2)16-10-8-15(9-11-16)21-18(24)13-25-19-20-12-17(22-19)14-6-4-3-5-7-14/h3-12H,13H2,1-2H3,(H,20,22)(H,21,24). The van der Waals surface area contributed by atoms with Crippen LogP contribution in [-0.4, -0.2) is 35.7 Å². The first-order valence-corrected chi connectivity index (χ1v) is 8.91. The molecule has 5 nitrogen and oxygen atoms in total. The second-order valence-electron chi connectivity index (χ2n) is 5.75. The van der Waals surface area contributed by atoms with Gasteiger partial charge in [0.25, 0.3) is 0 Å². The largest absolute Gasteiger partial charge is 0.378 e. The SMILES string of the molecule is CN(C)c1ccc(NC(=O)CSc2ncc(-c3ccccc3)[nH]2)cc1. The van der Waals surface area contributed by atoms with Gasteiger partial charge < -0.3 is 15.2 Å². The molecule has 0 aliphatic carbocycles. The highest BCUT2D eigenvalue weighted by Crippen LogP contribution is 2.21. The van der Waals surface area contributed by atoms with Crippen LogP contribution in [0.2, 0.25) is 0 Å².